The Morgan fingerprint density at radius 3 is 2.71 bits per heavy atom. The summed E-state index contributed by atoms with van der Waals surface area (Å²) in [5.74, 6) is -0.591. The molecule has 0 aliphatic rings. The van der Waals surface area contributed by atoms with E-state index in [9.17, 15) is 9.59 Å². The minimum absolute atomic E-state index is 0.0552. The molecular weight excluding hydrogens is 419 g/mol. The lowest BCUT2D eigenvalue weighted by Gasteiger charge is -2.13. The molecule has 1 aromatic carbocycles. The number of nitrogens with zero attached hydrogens (tertiary/aromatic N) is 2. The van der Waals surface area contributed by atoms with Gasteiger partial charge in [0.15, 0.2) is 0 Å². The van der Waals surface area contributed by atoms with E-state index in [1.807, 2.05) is 28.8 Å². The second kappa shape index (κ2) is 7.12. The Hall–Kier alpha value is -2.22. The van der Waals surface area contributed by atoms with Gasteiger partial charge in [0.2, 0.25) is 5.43 Å². The fourth-order valence-corrected chi connectivity index (χ4v) is 3.01. The van der Waals surface area contributed by atoms with Crippen molar-refractivity contribution in [3.05, 3.63) is 73.8 Å². The number of ether oxygens (including phenoxy) is 1. The predicted octanol–water partition coefficient (Wildman–Crippen LogP) is 3.23. The van der Waals surface area contributed by atoms with Crippen molar-refractivity contribution in [3.8, 4) is 0 Å². The van der Waals surface area contributed by atoms with E-state index in [1.54, 1.807) is 31.6 Å². The lowest BCUT2D eigenvalue weighted by atomic mass is 10.1. The molecule has 0 saturated heterocycles. The van der Waals surface area contributed by atoms with E-state index in [-0.39, 0.29) is 17.6 Å². The van der Waals surface area contributed by atoms with E-state index < -0.39 is 5.97 Å². The summed E-state index contributed by atoms with van der Waals surface area (Å²) in [6.45, 7) is 2.48. The summed E-state index contributed by atoms with van der Waals surface area (Å²) < 4.78 is 7.95. The van der Waals surface area contributed by atoms with Gasteiger partial charge in [0.1, 0.15) is 5.56 Å². The van der Waals surface area contributed by atoms with Crippen LogP contribution in [0.5, 0.6) is 0 Å². The zero-order valence-corrected chi connectivity index (χ0v) is 15.2. The third-order valence-electron chi connectivity index (χ3n) is 3.64. The second-order valence-electron chi connectivity index (χ2n) is 5.24. The maximum Gasteiger partial charge on any atom is 0.343 e. The molecule has 0 aliphatic heterocycles. The predicted molar refractivity (Wildman–Crippen MR) is 100 cm³/mol. The van der Waals surface area contributed by atoms with Crippen molar-refractivity contribution in [3.63, 3.8) is 0 Å². The number of carbonyl (C=O) groups excluding carboxylic acids is 1. The van der Waals surface area contributed by atoms with Crippen LogP contribution in [0.2, 0.25) is 0 Å². The van der Waals surface area contributed by atoms with Gasteiger partial charge in [-0.15, -0.1) is 0 Å². The Balaban J connectivity index is 2.21. The van der Waals surface area contributed by atoms with Gasteiger partial charge in [-0.1, -0.05) is 0 Å². The number of esters is 1. The zero-order valence-electron chi connectivity index (χ0n) is 13.0. The number of hydrogen-bond acceptors (Lipinski definition) is 4. The quantitative estimate of drug-likeness (QED) is 0.468. The first kappa shape index (κ1) is 16.6. The van der Waals surface area contributed by atoms with E-state index in [0.29, 0.717) is 11.9 Å². The van der Waals surface area contributed by atoms with Crippen molar-refractivity contribution in [2.45, 2.75) is 13.5 Å². The van der Waals surface area contributed by atoms with Gasteiger partial charge in [0.05, 0.1) is 12.1 Å². The lowest BCUT2D eigenvalue weighted by molar-refractivity contribution is 0.0524. The highest BCUT2D eigenvalue weighted by Gasteiger charge is 2.16. The van der Waals surface area contributed by atoms with Gasteiger partial charge in [-0.05, 0) is 65.4 Å². The average Bonchev–Trinajstić information content (AvgIpc) is 2.58. The van der Waals surface area contributed by atoms with Crippen LogP contribution in [0.15, 0.2) is 53.7 Å². The first-order valence-corrected chi connectivity index (χ1v) is 8.56. The maximum absolute atomic E-state index is 12.6. The van der Waals surface area contributed by atoms with E-state index in [4.69, 9.17) is 4.74 Å². The summed E-state index contributed by atoms with van der Waals surface area (Å²) in [5.41, 5.74) is 1.57. The van der Waals surface area contributed by atoms with Crippen molar-refractivity contribution in [1.82, 2.24) is 9.55 Å². The molecule has 2 aromatic heterocycles. The van der Waals surface area contributed by atoms with Crippen molar-refractivity contribution in [1.29, 1.82) is 0 Å². The molecule has 6 heteroatoms. The van der Waals surface area contributed by atoms with Gasteiger partial charge in [-0.25, -0.2) is 4.79 Å². The molecule has 0 atom stereocenters. The summed E-state index contributed by atoms with van der Waals surface area (Å²) in [6, 6.07) is 9.36. The van der Waals surface area contributed by atoms with E-state index in [1.165, 1.54) is 0 Å². The number of pyridine rings is 2. The summed E-state index contributed by atoms with van der Waals surface area (Å²) in [7, 11) is 0. The van der Waals surface area contributed by atoms with Crippen LogP contribution >= 0.6 is 22.6 Å². The molecule has 0 saturated carbocycles. The fourth-order valence-electron chi connectivity index (χ4n) is 2.53. The SMILES string of the molecule is CCOC(=O)c1cn(Cc2ccncc2)c2cc(I)ccc2c1=O. The van der Waals surface area contributed by atoms with E-state index in [2.05, 4.69) is 27.6 Å². The molecule has 0 bridgehead atoms. The minimum atomic E-state index is -0.591. The summed E-state index contributed by atoms with van der Waals surface area (Å²) in [4.78, 5) is 28.8. The molecule has 0 amide bonds. The van der Waals surface area contributed by atoms with Crippen molar-refractivity contribution in [2.24, 2.45) is 0 Å². The molecule has 0 aliphatic carbocycles. The minimum Gasteiger partial charge on any atom is -0.462 e. The normalized spacial score (nSPS) is 10.8. The summed E-state index contributed by atoms with van der Waals surface area (Å²) in [5, 5.41) is 0.509. The fraction of sp³-hybridized carbons (Fsp3) is 0.167. The molecule has 0 N–H and O–H groups in total. The number of halogens is 1. The van der Waals surface area contributed by atoms with Gasteiger partial charge in [-0.2, -0.15) is 0 Å². The molecule has 0 spiro atoms. The van der Waals surface area contributed by atoms with Crippen LogP contribution in [0.25, 0.3) is 10.9 Å². The van der Waals surface area contributed by atoms with E-state index in [0.717, 1.165) is 14.7 Å². The first-order valence-electron chi connectivity index (χ1n) is 7.49. The molecule has 3 aromatic rings. The highest BCUT2D eigenvalue weighted by Crippen LogP contribution is 2.18. The monoisotopic (exact) mass is 434 g/mol. The molecule has 122 valence electrons. The third kappa shape index (κ3) is 3.33. The van der Waals surface area contributed by atoms with Crippen molar-refractivity contribution < 1.29 is 9.53 Å². The van der Waals surface area contributed by atoms with E-state index >= 15 is 0 Å². The second-order valence-corrected chi connectivity index (χ2v) is 6.48. The van der Waals surface area contributed by atoms with Gasteiger partial charge in [0.25, 0.3) is 0 Å². The average molecular weight is 434 g/mol. The van der Waals surface area contributed by atoms with Crippen molar-refractivity contribution in [2.75, 3.05) is 6.61 Å². The highest BCUT2D eigenvalue weighted by molar-refractivity contribution is 14.1. The molecule has 0 fully saturated rings. The smallest absolute Gasteiger partial charge is 0.343 e. The van der Waals surface area contributed by atoms with Gasteiger partial charge in [-0.3, -0.25) is 9.78 Å². The number of aromatic nitrogens is 2. The number of carbonyl (C=O) groups is 1. The molecule has 2 heterocycles. The highest BCUT2D eigenvalue weighted by atomic mass is 127. The standard InChI is InChI=1S/C18H15IN2O3/c1-2-24-18(23)15-11-21(10-12-5-7-20-8-6-12)16-9-13(19)3-4-14(16)17(15)22/h3-9,11H,2,10H2,1H3. The van der Waals surface area contributed by atoms with Crippen LogP contribution in [0, 0.1) is 3.57 Å². The molecular formula is C18H15IN2O3. The summed E-state index contributed by atoms with van der Waals surface area (Å²) >= 11 is 2.21. The number of hydrogen-bond donors (Lipinski definition) is 0. The van der Waals surface area contributed by atoms with Crippen LogP contribution in [-0.4, -0.2) is 22.1 Å². The van der Waals surface area contributed by atoms with Crippen LogP contribution in [0.1, 0.15) is 22.8 Å². The molecule has 5 nitrogen and oxygen atoms in total. The Kier molecular flexibility index (Phi) is 4.94. The number of benzene rings is 1. The Labute approximate surface area is 152 Å². The maximum atomic E-state index is 12.6. The zero-order chi connectivity index (χ0) is 17.1. The molecule has 0 unspecified atom stereocenters. The first-order chi connectivity index (χ1) is 11.6. The Bertz CT molecular complexity index is 952. The summed E-state index contributed by atoms with van der Waals surface area (Å²) in [6.07, 6.45) is 5.02. The topological polar surface area (TPSA) is 61.2 Å². The van der Waals surface area contributed by atoms with Gasteiger partial charge >= 0.3 is 5.97 Å². The Morgan fingerprint density at radius 1 is 1.25 bits per heavy atom. The van der Waals surface area contributed by atoms with Crippen molar-refractivity contribution >= 4 is 39.5 Å². The van der Waals surface area contributed by atoms with Gasteiger partial charge < -0.3 is 9.30 Å². The number of rotatable bonds is 4. The molecule has 3 rings (SSSR count). The largest absolute Gasteiger partial charge is 0.462 e. The van der Waals surface area contributed by atoms with Crippen LogP contribution < -0.4 is 5.43 Å². The van der Waals surface area contributed by atoms with Crippen LogP contribution in [-0.2, 0) is 11.3 Å². The third-order valence-corrected chi connectivity index (χ3v) is 4.31. The Morgan fingerprint density at radius 2 is 2.00 bits per heavy atom. The number of fused-ring (bicyclic) bond motifs is 1. The van der Waals surface area contributed by atoms with Crippen LogP contribution in [0.3, 0.4) is 0 Å². The van der Waals surface area contributed by atoms with Crippen LogP contribution in [0.4, 0.5) is 0 Å². The lowest BCUT2D eigenvalue weighted by Crippen LogP contribution is -2.21. The molecule has 0 radical (unpaired) electrons. The van der Waals surface area contributed by atoms with Gasteiger partial charge in [0, 0.05) is 34.1 Å². The molecule has 24 heavy (non-hydrogen) atoms.